The number of hydrogen-bond donors (Lipinski definition) is 1. The molecule has 0 saturated heterocycles. The number of fused-ring (bicyclic) bond motifs is 1. The number of carbonyl (C=O) groups excluding carboxylic acids is 1. The number of benzene rings is 3. The number of Topliss-reactive ketones (excluding diaryl/α,β-unsaturated/α-hetero) is 1. The van der Waals surface area contributed by atoms with Crippen molar-refractivity contribution in [2.75, 3.05) is 5.43 Å². The van der Waals surface area contributed by atoms with Crippen LogP contribution in [0.25, 0.3) is 10.9 Å². The maximum absolute atomic E-state index is 13.0. The Kier molecular flexibility index (Phi) is 4.66. The first kappa shape index (κ1) is 16.6. The van der Waals surface area contributed by atoms with E-state index in [0.29, 0.717) is 17.1 Å². The lowest BCUT2D eigenvalue weighted by molar-refractivity contribution is 0.106. The molecule has 0 bridgehead atoms. The SMILES string of the molecule is O=C(/C(=N\Nc1ncnc2ccccc12)c1ccccc1)c1ccccc1. The molecule has 0 saturated carbocycles. The topological polar surface area (TPSA) is 67.2 Å². The van der Waals surface area contributed by atoms with E-state index in [1.165, 1.54) is 6.33 Å². The molecule has 27 heavy (non-hydrogen) atoms. The summed E-state index contributed by atoms with van der Waals surface area (Å²) < 4.78 is 0. The Morgan fingerprint density at radius 3 is 2.11 bits per heavy atom. The molecule has 3 aromatic carbocycles. The van der Waals surface area contributed by atoms with E-state index in [0.717, 1.165) is 16.5 Å². The summed E-state index contributed by atoms with van der Waals surface area (Å²) in [4.78, 5) is 21.5. The first-order chi connectivity index (χ1) is 13.3. The largest absolute Gasteiger partial charge is 0.287 e. The summed E-state index contributed by atoms with van der Waals surface area (Å²) in [6, 6.07) is 26.1. The number of hydrazone groups is 1. The highest BCUT2D eigenvalue weighted by atomic mass is 16.1. The van der Waals surface area contributed by atoms with Gasteiger partial charge in [0, 0.05) is 16.5 Å². The molecule has 130 valence electrons. The van der Waals surface area contributed by atoms with Gasteiger partial charge in [0.25, 0.3) is 0 Å². The van der Waals surface area contributed by atoms with E-state index < -0.39 is 0 Å². The minimum absolute atomic E-state index is 0.160. The van der Waals surface area contributed by atoms with Gasteiger partial charge < -0.3 is 0 Å². The van der Waals surface area contributed by atoms with Crippen LogP contribution in [-0.4, -0.2) is 21.5 Å². The molecule has 0 unspecified atom stereocenters. The van der Waals surface area contributed by atoms with Crippen LogP contribution in [0.5, 0.6) is 0 Å². The second-order valence-electron chi connectivity index (χ2n) is 5.87. The van der Waals surface area contributed by atoms with Crippen LogP contribution in [0.1, 0.15) is 15.9 Å². The Balaban J connectivity index is 1.75. The molecule has 1 heterocycles. The number of aromatic nitrogens is 2. The normalized spacial score (nSPS) is 11.3. The number of nitrogens with zero attached hydrogens (tertiary/aromatic N) is 3. The lowest BCUT2D eigenvalue weighted by atomic mass is 10.0. The molecule has 0 radical (unpaired) electrons. The minimum atomic E-state index is -0.160. The van der Waals surface area contributed by atoms with Crippen LogP contribution in [0.15, 0.2) is 96.4 Å². The molecule has 0 aliphatic carbocycles. The van der Waals surface area contributed by atoms with Gasteiger partial charge in [-0.3, -0.25) is 10.2 Å². The third-order valence-electron chi connectivity index (χ3n) is 4.11. The summed E-state index contributed by atoms with van der Waals surface area (Å²) in [7, 11) is 0. The fourth-order valence-corrected chi connectivity index (χ4v) is 2.77. The Bertz CT molecular complexity index is 1100. The Morgan fingerprint density at radius 2 is 1.37 bits per heavy atom. The Labute approximate surface area is 156 Å². The standard InChI is InChI=1S/C22H16N4O/c27-21(17-11-5-2-6-12-17)20(16-9-3-1-4-10-16)25-26-22-18-13-7-8-14-19(18)23-15-24-22/h1-15H,(H,23,24,26)/b25-20-. The second kappa shape index (κ2) is 7.58. The van der Waals surface area contributed by atoms with Crippen LogP contribution in [0.4, 0.5) is 5.82 Å². The predicted molar refractivity (Wildman–Crippen MR) is 107 cm³/mol. The molecular formula is C22H16N4O. The van der Waals surface area contributed by atoms with Crippen molar-refractivity contribution in [3.8, 4) is 0 Å². The fraction of sp³-hybridized carbons (Fsp3) is 0. The zero-order chi connectivity index (χ0) is 18.5. The van der Waals surface area contributed by atoms with E-state index in [9.17, 15) is 4.79 Å². The van der Waals surface area contributed by atoms with Crippen molar-refractivity contribution in [2.45, 2.75) is 0 Å². The number of anilines is 1. The third kappa shape index (κ3) is 3.57. The van der Waals surface area contributed by atoms with E-state index in [1.807, 2.05) is 72.8 Å². The number of para-hydroxylation sites is 1. The van der Waals surface area contributed by atoms with Crippen LogP contribution in [0, 0.1) is 0 Å². The molecule has 0 fully saturated rings. The predicted octanol–water partition coefficient (Wildman–Crippen LogP) is 4.33. The third-order valence-corrected chi connectivity index (χ3v) is 4.11. The molecule has 0 aliphatic heterocycles. The summed E-state index contributed by atoms with van der Waals surface area (Å²) in [5.74, 6) is 0.391. The number of nitrogens with one attached hydrogen (secondary N) is 1. The van der Waals surface area contributed by atoms with Crippen molar-refractivity contribution in [3.63, 3.8) is 0 Å². The molecule has 0 spiro atoms. The van der Waals surface area contributed by atoms with Crippen molar-refractivity contribution in [1.29, 1.82) is 0 Å². The van der Waals surface area contributed by atoms with E-state index >= 15 is 0 Å². The van der Waals surface area contributed by atoms with Gasteiger partial charge in [0.05, 0.1) is 5.52 Å². The van der Waals surface area contributed by atoms with E-state index in [1.54, 1.807) is 12.1 Å². The maximum Gasteiger partial charge on any atom is 0.213 e. The molecule has 5 nitrogen and oxygen atoms in total. The molecule has 1 N–H and O–H groups in total. The molecule has 0 atom stereocenters. The van der Waals surface area contributed by atoms with Crippen molar-refractivity contribution in [2.24, 2.45) is 5.10 Å². The van der Waals surface area contributed by atoms with Crippen LogP contribution in [0.3, 0.4) is 0 Å². The molecule has 0 aliphatic rings. The van der Waals surface area contributed by atoms with Gasteiger partial charge in [0.2, 0.25) is 5.78 Å². The van der Waals surface area contributed by atoms with Crippen molar-refractivity contribution < 1.29 is 4.79 Å². The Morgan fingerprint density at radius 1 is 0.741 bits per heavy atom. The lowest BCUT2D eigenvalue weighted by Gasteiger charge is -2.08. The molecular weight excluding hydrogens is 336 g/mol. The number of carbonyl (C=O) groups is 1. The molecule has 0 amide bonds. The minimum Gasteiger partial charge on any atom is -0.287 e. The van der Waals surface area contributed by atoms with Gasteiger partial charge in [-0.1, -0.05) is 72.8 Å². The van der Waals surface area contributed by atoms with Gasteiger partial charge in [-0.2, -0.15) is 5.10 Å². The molecule has 5 heteroatoms. The lowest BCUT2D eigenvalue weighted by Crippen LogP contribution is -2.17. The number of rotatable bonds is 5. The number of ketones is 1. The number of hydrogen-bond acceptors (Lipinski definition) is 5. The zero-order valence-electron chi connectivity index (χ0n) is 14.4. The van der Waals surface area contributed by atoms with Gasteiger partial charge in [0.15, 0.2) is 5.82 Å². The first-order valence-corrected chi connectivity index (χ1v) is 8.51. The van der Waals surface area contributed by atoms with Crippen molar-refractivity contribution in [3.05, 3.63) is 102 Å². The first-order valence-electron chi connectivity index (χ1n) is 8.51. The molecule has 4 aromatic rings. The average molecular weight is 352 g/mol. The summed E-state index contributed by atoms with van der Waals surface area (Å²) >= 11 is 0. The van der Waals surface area contributed by atoms with Gasteiger partial charge in [-0.25, -0.2) is 9.97 Å². The van der Waals surface area contributed by atoms with Crippen molar-refractivity contribution >= 4 is 28.2 Å². The van der Waals surface area contributed by atoms with Crippen molar-refractivity contribution in [1.82, 2.24) is 9.97 Å². The highest BCUT2D eigenvalue weighted by Gasteiger charge is 2.16. The van der Waals surface area contributed by atoms with Crippen LogP contribution < -0.4 is 5.43 Å². The van der Waals surface area contributed by atoms with Gasteiger partial charge >= 0.3 is 0 Å². The molecule has 4 rings (SSSR count). The van der Waals surface area contributed by atoms with Crippen LogP contribution in [0.2, 0.25) is 0 Å². The van der Waals surface area contributed by atoms with E-state index in [4.69, 9.17) is 0 Å². The van der Waals surface area contributed by atoms with Crippen LogP contribution >= 0.6 is 0 Å². The highest BCUT2D eigenvalue weighted by molar-refractivity contribution is 6.51. The van der Waals surface area contributed by atoms with Gasteiger partial charge in [0.1, 0.15) is 12.0 Å². The maximum atomic E-state index is 13.0. The quantitative estimate of drug-likeness (QED) is 0.330. The molecule has 1 aromatic heterocycles. The monoisotopic (exact) mass is 352 g/mol. The second-order valence-corrected chi connectivity index (χ2v) is 5.87. The zero-order valence-corrected chi connectivity index (χ0v) is 14.4. The van der Waals surface area contributed by atoms with Crippen LogP contribution in [-0.2, 0) is 0 Å². The van der Waals surface area contributed by atoms with E-state index in [-0.39, 0.29) is 5.78 Å². The van der Waals surface area contributed by atoms with Gasteiger partial charge in [-0.15, -0.1) is 0 Å². The highest BCUT2D eigenvalue weighted by Crippen LogP contribution is 2.19. The average Bonchev–Trinajstić information content (AvgIpc) is 2.75. The van der Waals surface area contributed by atoms with Gasteiger partial charge in [-0.05, 0) is 12.1 Å². The Hall–Kier alpha value is -3.86. The van der Waals surface area contributed by atoms with E-state index in [2.05, 4.69) is 20.5 Å². The summed E-state index contributed by atoms with van der Waals surface area (Å²) in [5.41, 5.74) is 5.39. The summed E-state index contributed by atoms with van der Waals surface area (Å²) in [6.45, 7) is 0. The summed E-state index contributed by atoms with van der Waals surface area (Å²) in [6.07, 6.45) is 1.47. The smallest absolute Gasteiger partial charge is 0.213 e. The fourth-order valence-electron chi connectivity index (χ4n) is 2.77. The summed E-state index contributed by atoms with van der Waals surface area (Å²) in [5, 5.41) is 5.25.